The molecule has 0 spiro atoms. The lowest BCUT2D eigenvalue weighted by Crippen LogP contribution is -2.06. The lowest BCUT2D eigenvalue weighted by molar-refractivity contribution is 0.0526. The van der Waals surface area contributed by atoms with Gasteiger partial charge in [0, 0.05) is 0 Å². The normalized spacial score (nSPS) is 10.2. The highest BCUT2D eigenvalue weighted by Crippen LogP contribution is 2.12. The van der Waals surface area contributed by atoms with E-state index >= 15 is 0 Å². The van der Waals surface area contributed by atoms with Crippen molar-refractivity contribution in [2.45, 2.75) is 6.92 Å². The first-order valence-electron chi connectivity index (χ1n) is 4.84. The molecule has 0 bridgehead atoms. The van der Waals surface area contributed by atoms with Gasteiger partial charge in [-0.2, -0.15) is 0 Å². The molecular formula is C13H14O2. The summed E-state index contributed by atoms with van der Waals surface area (Å²) in [6.45, 7) is 5.76. The van der Waals surface area contributed by atoms with E-state index in [-0.39, 0.29) is 5.97 Å². The number of carbonyl (C=O) groups excluding carboxylic acids is 1. The molecule has 0 radical (unpaired) electrons. The lowest BCUT2D eigenvalue weighted by atomic mass is 10.1. The summed E-state index contributed by atoms with van der Waals surface area (Å²) in [5.74, 6) is -0.290. The van der Waals surface area contributed by atoms with Gasteiger partial charge in [-0.05, 0) is 18.6 Å². The number of hydrogen-bond acceptors (Lipinski definition) is 2. The highest BCUT2D eigenvalue weighted by atomic mass is 16.5. The monoisotopic (exact) mass is 202 g/mol. The first-order chi connectivity index (χ1) is 7.29. The van der Waals surface area contributed by atoms with Gasteiger partial charge < -0.3 is 4.74 Å². The van der Waals surface area contributed by atoms with Crippen LogP contribution in [0, 0.1) is 0 Å². The van der Waals surface area contributed by atoms with E-state index in [2.05, 4.69) is 6.58 Å². The number of esters is 1. The molecule has 15 heavy (non-hydrogen) atoms. The van der Waals surface area contributed by atoms with E-state index in [4.69, 9.17) is 4.74 Å². The maximum absolute atomic E-state index is 11.5. The quantitative estimate of drug-likeness (QED) is 0.554. The Morgan fingerprint density at radius 2 is 2.20 bits per heavy atom. The van der Waals surface area contributed by atoms with Crippen molar-refractivity contribution in [2.75, 3.05) is 6.61 Å². The van der Waals surface area contributed by atoms with Crippen molar-refractivity contribution in [3.63, 3.8) is 0 Å². The van der Waals surface area contributed by atoms with Crippen molar-refractivity contribution in [3.8, 4) is 0 Å². The summed E-state index contributed by atoms with van der Waals surface area (Å²) >= 11 is 0. The second-order valence-electron chi connectivity index (χ2n) is 2.90. The predicted octanol–water partition coefficient (Wildman–Crippen LogP) is 3.06. The van der Waals surface area contributed by atoms with Gasteiger partial charge in [-0.15, -0.1) is 0 Å². The zero-order chi connectivity index (χ0) is 11.1. The number of carbonyl (C=O) groups is 1. The lowest BCUT2D eigenvalue weighted by Gasteiger charge is -2.04. The molecule has 2 nitrogen and oxygen atoms in total. The van der Waals surface area contributed by atoms with E-state index in [1.807, 2.05) is 24.3 Å². The average molecular weight is 202 g/mol. The van der Waals surface area contributed by atoms with E-state index in [1.54, 1.807) is 25.1 Å². The molecule has 0 aliphatic rings. The Morgan fingerprint density at radius 3 is 2.87 bits per heavy atom. The van der Waals surface area contributed by atoms with Crippen LogP contribution in [-0.2, 0) is 4.74 Å². The summed E-state index contributed by atoms with van der Waals surface area (Å²) < 4.78 is 4.95. The molecule has 0 saturated heterocycles. The fourth-order valence-electron chi connectivity index (χ4n) is 1.21. The Morgan fingerprint density at radius 1 is 1.47 bits per heavy atom. The average Bonchev–Trinajstić information content (AvgIpc) is 2.27. The van der Waals surface area contributed by atoms with Crippen molar-refractivity contribution in [2.24, 2.45) is 0 Å². The van der Waals surface area contributed by atoms with Crippen molar-refractivity contribution in [1.29, 1.82) is 0 Å². The van der Waals surface area contributed by atoms with Gasteiger partial charge in [-0.3, -0.25) is 0 Å². The second-order valence-corrected chi connectivity index (χ2v) is 2.90. The standard InChI is InChI=1S/C13H14O2/c1-3-5-8-11-9-6-7-10-12(11)13(14)15-4-2/h3,5-10H,1,4H2,2H3. The van der Waals surface area contributed by atoms with Crippen LogP contribution in [-0.4, -0.2) is 12.6 Å². The third-order valence-corrected chi connectivity index (χ3v) is 1.87. The van der Waals surface area contributed by atoms with Crippen LogP contribution in [0.15, 0.2) is 43.0 Å². The third-order valence-electron chi connectivity index (χ3n) is 1.87. The summed E-state index contributed by atoms with van der Waals surface area (Å²) in [5, 5.41) is 0. The summed E-state index contributed by atoms with van der Waals surface area (Å²) in [4.78, 5) is 11.5. The number of rotatable bonds is 4. The second kappa shape index (κ2) is 5.81. The van der Waals surface area contributed by atoms with E-state index < -0.39 is 0 Å². The Balaban J connectivity index is 3.00. The summed E-state index contributed by atoms with van der Waals surface area (Å²) in [6, 6.07) is 7.32. The molecule has 1 aromatic rings. The molecule has 0 heterocycles. The summed E-state index contributed by atoms with van der Waals surface area (Å²) in [5.41, 5.74) is 1.42. The first kappa shape index (κ1) is 11.2. The molecule has 0 unspecified atom stereocenters. The van der Waals surface area contributed by atoms with E-state index in [0.29, 0.717) is 12.2 Å². The minimum absolute atomic E-state index is 0.290. The molecular weight excluding hydrogens is 188 g/mol. The van der Waals surface area contributed by atoms with Gasteiger partial charge in [0.1, 0.15) is 0 Å². The van der Waals surface area contributed by atoms with Gasteiger partial charge in [-0.1, -0.05) is 43.0 Å². The zero-order valence-electron chi connectivity index (χ0n) is 8.77. The molecule has 1 aromatic carbocycles. The van der Waals surface area contributed by atoms with Gasteiger partial charge in [0.2, 0.25) is 0 Å². The van der Waals surface area contributed by atoms with Gasteiger partial charge in [0.25, 0.3) is 0 Å². The number of allylic oxidation sites excluding steroid dienone is 2. The van der Waals surface area contributed by atoms with Crippen molar-refractivity contribution in [3.05, 3.63) is 54.1 Å². The van der Waals surface area contributed by atoms with Crippen LogP contribution in [0.3, 0.4) is 0 Å². The first-order valence-corrected chi connectivity index (χ1v) is 4.84. The molecule has 0 aromatic heterocycles. The van der Waals surface area contributed by atoms with Crippen LogP contribution in [0.2, 0.25) is 0 Å². The number of benzene rings is 1. The Kier molecular flexibility index (Phi) is 4.35. The fraction of sp³-hybridized carbons (Fsp3) is 0.154. The fourth-order valence-corrected chi connectivity index (χ4v) is 1.21. The molecule has 2 heteroatoms. The molecule has 0 amide bonds. The third kappa shape index (κ3) is 3.09. The Bertz CT molecular complexity index is 378. The van der Waals surface area contributed by atoms with Crippen molar-refractivity contribution >= 4 is 12.0 Å². The minimum Gasteiger partial charge on any atom is -0.462 e. The van der Waals surface area contributed by atoms with E-state index in [9.17, 15) is 4.79 Å². The Hall–Kier alpha value is -1.83. The highest BCUT2D eigenvalue weighted by molar-refractivity contribution is 5.93. The largest absolute Gasteiger partial charge is 0.462 e. The van der Waals surface area contributed by atoms with E-state index in [1.165, 1.54) is 0 Å². The van der Waals surface area contributed by atoms with Gasteiger partial charge in [0.15, 0.2) is 0 Å². The van der Waals surface area contributed by atoms with Crippen LogP contribution in [0.5, 0.6) is 0 Å². The SMILES string of the molecule is C=CC=Cc1ccccc1C(=O)OCC. The minimum atomic E-state index is -0.290. The highest BCUT2D eigenvalue weighted by Gasteiger charge is 2.08. The summed E-state index contributed by atoms with van der Waals surface area (Å²) in [7, 11) is 0. The molecule has 0 aliphatic carbocycles. The van der Waals surface area contributed by atoms with Crippen LogP contribution < -0.4 is 0 Å². The molecule has 0 aliphatic heterocycles. The van der Waals surface area contributed by atoms with Gasteiger partial charge in [0.05, 0.1) is 12.2 Å². The number of ether oxygens (including phenoxy) is 1. The van der Waals surface area contributed by atoms with Crippen molar-refractivity contribution < 1.29 is 9.53 Å². The molecule has 0 fully saturated rings. The molecule has 0 N–H and O–H groups in total. The van der Waals surface area contributed by atoms with Gasteiger partial charge >= 0.3 is 5.97 Å². The molecule has 1 rings (SSSR count). The molecule has 0 atom stereocenters. The number of hydrogen-bond donors (Lipinski definition) is 0. The predicted molar refractivity (Wildman–Crippen MR) is 61.6 cm³/mol. The topological polar surface area (TPSA) is 26.3 Å². The van der Waals surface area contributed by atoms with Crippen molar-refractivity contribution in [1.82, 2.24) is 0 Å². The van der Waals surface area contributed by atoms with Crippen LogP contribution in [0.1, 0.15) is 22.8 Å². The van der Waals surface area contributed by atoms with Gasteiger partial charge in [-0.25, -0.2) is 4.79 Å². The maximum atomic E-state index is 11.5. The summed E-state index contributed by atoms with van der Waals surface area (Å²) in [6.07, 6.45) is 5.29. The van der Waals surface area contributed by atoms with E-state index in [0.717, 1.165) is 5.56 Å². The smallest absolute Gasteiger partial charge is 0.338 e. The molecule has 0 saturated carbocycles. The van der Waals surface area contributed by atoms with Crippen LogP contribution in [0.25, 0.3) is 6.08 Å². The zero-order valence-corrected chi connectivity index (χ0v) is 8.77. The van der Waals surface area contributed by atoms with Crippen LogP contribution >= 0.6 is 0 Å². The maximum Gasteiger partial charge on any atom is 0.338 e. The Labute approximate surface area is 89.9 Å². The molecule has 78 valence electrons. The van der Waals surface area contributed by atoms with Crippen LogP contribution in [0.4, 0.5) is 0 Å².